The third-order valence-corrected chi connectivity index (χ3v) is 5.83. The fourth-order valence-corrected chi connectivity index (χ4v) is 4.06. The smallest absolute Gasteiger partial charge is 0.116 e. The summed E-state index contributed by atoms with van der Waals surface area (Å²) in [6, 6.07) is 6.30. The highest BCUT2D eigenvalue weighted by atomic mass is 15.3. The van der Waals surface area contributed by atoms with Crippen LogP contribution < -0.4 is 5.73 Å². The number of nitrogens with one attached hydrogen (secondary N) is 1. The van der Waals surface area contributed by atoms with E-state index in [1.165, 1.54) is 108 Å². The zero-order valence-corrected chi connectivity index (χ0v) is 17.9. The topological polar surface area (TPSA) is 67.6 Å². The van der Waals surface area contributed by atoms with Crippen molar-refractivity contribution in [3.05, 3.63) is 23.8 Å². The van der Waals surface area contributed by atoms with E-state index in [-0.39, 0.29) is 0 Å². The number of aryl methyl sites for hydroxylation is 1. The highest BCUT2D eigenvalue weighted by Gasteiger charge is 2.04. The van der Waals surface area contributed by atoms with Gasteiger partial charge in [0.2, 0.25) is 0 Å². The van der Waals surface area contributed by atoms with Crippen LogP contribution in [-0.4, -0.2) is 22.0 Å². The Balaban J connectivity index is 1.32. The van der Waals surface area contributed by atoms with Gasteiger partial charge in [0.15, 0.2) is 0 Å². The number of nitrogens with zero attached hydrogens (tertiary/aromatic N) is 2. The summed E-state index contributed by atoms with van der Waals surface area (Å²) in [4.78, 5) is 0. The van der Waals surface area contributed by atoms with Gasteiger partial charge in [-0.2, -0.15) is 15.4 Å². The summed E-state index contributed by atoms with van der Waals surface area (Å²) in [5.41, 5.74) is 8.89. The predicted molar refractivity (Wildman–Crippen MR) is 121 cm³/mol. The highest BCUT2D eigenvalue weighted by Crippen LogP contribution is 2.17. The first-order valence-corrected chi connectivity index (χ1v) is 11.9. The van der Waals surface area contributed by atoms with Crippen LogP contribution in [0.3, 0.4) is 0 Å². The van der Waals surface area contributed by atoms with Crippen LogP contribution in [0.25, 0.3) is 11.0 Å². The van der Waals surface area contributed by atoms with E-state index in [9.17, 15) is 0 Å². The van der Waals surface area contributed by atoms with Gasteiger partial charge in [-0.1, -0.05) is 102 Å². The van der Waals surface area contributed by atoms with Gasteiger partial charge in [-0.25, -0.2) is 0 Å². The first-order valence-electron chi connectivity index (χ1n) is 11.9. The Labute approximate surface area is 172 Å². The van der Waals surface area contributed by atoms with Gasteiger partial charge in [0.1, 0.15) is 11.0 Å². The van der Waals surface area contributed by atoms with Gasteiger partial charge in [-0.3, -0.25) is 0 Å². The van der Waals surface area contributed by atoms with Crippen LogP contribution in [0.2, 0.25) is 0 Å². The molecule has 0 aliphatic carbocycles. The van der Waals surface area contributed by atoms with Crippen molar-refractivity contribution in [3.8, 4) is 0 Å². The van der Waals surface area contributed by atoms with E-state index in [1.807, 2.05) is 6.07 Å². The van der Waals surface area contributed by atoms with E-state index >= 15 is 0 Å². The van der Waals surface area contributed by atoms with E-state index in [2.05, 4.69) is 27.5 Å². The Morgan fingerprint density at radius 3 is 1.64 bits per heavy atom. The molecule has 0 unspecified atom stereocenters. The van der Waals surface area contributed by atoms with Gasteiger partial charge in [0, 0.05) is 0 Å². The average molecular weight is 387 g/mol. The average Bonchev–Trinajstić information content (AvgIpc) is 3.20. The number of aromatic nitrogens is 3. The normalized spacial score (nSPS) is 11.5. The van der Waals surface area contributed by atoms with Crippen molar-refractivity contribution in [1.82, 2.24) is 15.4 Å². The second kappa shape index (κ2) is 15.5. The number of hydrogen-bond donors (Lipinski definition) is 2. The molecule has 0 radical (unpaired) electrons. The van der Waals surface area contributed by atoms with Crippen molar-refractivity contribution in [1.29, 1.82) is 0 Å². The molecule has 0 bridgehead atoms. The van der Waals surface area contributed by atoms with Crippen LogP contribution in [-0.2, 0) is 6.42 Å². The third kappa shape index (κ3) is 9.68. The number of unbranched alkanes of at least 4 members (excludes halogenated alkanes) is 15. The van der Waals surface area contributed by atoms with E-state index in [4.69, 9.17) is 5.73 Å². The Morgan fingerprint density at radius 1 is 0.607 bits per heavy atom. The number of H-pyrrole nitrogens is 1. The molecule has 1 aromatic carbocycles. The van der Waals surface area contributed by atoms with Gasteiger partial charge in [0.25, 0.3) is 0 Å². The number of aromatic amines is 1. The lowest BCUT2D eigenvalue weighted by Gasteiger charge is -2.04. The molecule has 0 aliphatic heterocycles. The second-order valence-electron chi connectivity index (χ2n) is 8.30. The van der Waals surface area contributed by atoms with Crippen LogP contribution in [0, 0.1) is 0 Å². The molecule has 0 aliphatic rings. The molecule has 0 atom stereocenters. The Bertz CT molecular complexity index is 607. The van der Waals surface area contributed by atoms with Crippen LogP contribution >= 0.6 is 0 Å². The number of nitrogens with two attached hydrogens (primary N) is 1. The minimum atomic E-state index is 0.862. The van der Waals surface area contributed by atoms with Gasteiger partial charge < -0.3 is 5.73 Å². The maximum Gasteiger partial charge on any atom is 0.116 e. The summed E-state index contributed by atoms with van der Waals surface area (Å²) >= 11 is 0. The van der Waals surface area contributed by atoms with Crippen molar-refractivity contribution < 1.29 is 0 Å². The first-order chi connectivity index (χ1) is 13.9. The van der Waals surface area contributed by atoms with Crippen molar-refractivity contribution in [3.63, 3.8) is 0 Å². The fraction of sp³-hybridized carbons (Fsp3) is 0.750. The third-order valence-electron chi connectivity index (χ3n) is 5.83. The van der Waals surface area contributed by atoms with E-state index < -0.39 is 0 Å². The van der Waals surface area contributed by atoms with E-state index in [0.717, 1.165) is 24.0 Å². The van der Waals surface area contributed by atoms with Gasteiger partial charge >= 0.3 is 0 Å². The number of benzene rings is 1. The number of para-hydroxylation sites is 1. The van der Waals surface area contributed by atoms with E-state index in [0.29, 0.717) is 0 Å². The number of rotatable bonds is 18. The molecule has 0 amide bonds. The second-order valence-corrected chi connectivity index (χ2v) is 8.30. The molecule has 1 aromatic heterocycles. The lowest BCUT2D eigenvalue weighted by Crippen LogP contribution is -1.97. The van der Waals surface area contributed by atoms with Crippen LogP contribution in [0.4, 0.5) is 0 Å². The summed E-state index contributed by atoms with van der Waals surface area (Å²) in [6.07, 6.45) is 23.3. The molecule has 0 saturated heterocycles. The molecule has 2 aromatic rings. The largest absolute Gasteiger partial charge is 0.330 e. The molecular formula is C24H42N4. The molecule has 4 heteroatoms. The quantitative estimate of drug-likeness (QED) is 0.280. The first kappa shape index (κ1) is 22.9. The molecule has 28 heavy (non-hydrogen) atoms. The van der Waals surface area contributed by atoms with Crippen molar-refractivity contribution in [2.24, 2.45) is 5.73 Å². The molecule has 3 N–H and O–H groups in total. The molecule has 4 nitrogen and oxygen atoms in total. The summed E-state index contributed by atoms with van der Waals surface area (Å²) in [6.45, 7) is 0.862. The van der Waals surface area contributed by atoms with Crippen molar-refractivity contribution in [2.75, 3.05) is 6.54 Å². The Kier molecular flexibility index (Phi) is 12.7. The molecule has 158 valence electrons. The summed E-state index contributed by atoms with van der Waals surface area (Å²) in [5, 5.41) is 11.2. The summed E-state index contributed by atoms with van der Waals surface area (Å²) in [5.74, 6) is 0. The summed E-state index contributed by atoms with van der Waals surface area (Å²) in [7, 11) is 0. The standard InChI is InChI=1S/C24H42N4/c25-21-16-14-12-10-8-6-4-2-1-3-5-7-9-11-13-15-18-22-19-17-20-23-24(22)27-28-26-23/h17,19-20H,1-16,18,21,25H2,(H,26,27,28). The van der Waals surface area contributed by atoms with E-state index in [1.54, 1.807) is 0 Å². The fourth-order valence-electron chi connectivity index (χ4n) is 4.06. The minimum absolute atomic E-state index is 0.862. The molecule has 1 heterocycles. The van der Waals surface area contributed by atoms with Gasteiger partial charge in [-0.05, 0) is 37.4 Å². The molecular weight excluding hydrogens is 344 g/mol. The zero-order valence-electron chi connectivity index (χ0n) is 17.9. The predicted octanol–water partition coefficient (Wildman–Crippen LogP) is 6.70. The van der Waals surface area contributed by atoms with Gasteiger partial charge in [0.05, 0.1) is 0 Å². The minimum Gasteiger partial charge on any atom is -0.330 e. The van der Waals surface area contributed by atoms with Gasteiger partial charge in [-0.15, -0.1) is 0 Å². The number of hydrogen-bond acceptors (Lipinski definition) is 3. The monoisotopic (exact) mass is 386 g/mol. The molecule has 0 fully saturated rings. The molecule has 2 rings (SSSR count). The molecule has 0 spiro atoms. The maximum atomic E-state index is 5.52. The SMILES string of the molecule is NCCCCCCCCCCCCCCCCCCc1cccc2n[nH]nc12. The van der Waals surface area contributed by atoms with Crippen molar-refractivity contribution >= 4 is 11.0 Å². The summed E-state index contributed by atoms with van der Waals surface area (Å²) < 4.78 is 0. The maximum absolute atomic E-state index is 5.52. The Hall–Kier alpha value is -1.42. The van der Waals surface area contributed by atoms with Crippen LogP contribution in [0.5, 0.6) is 0 Å². The van der Waals surface area contributed by atoms with Crippen LogP contribution in [0.15, 0.2) is 18.2 Å². The lowest BCUT2D eigenvalue weighted by molar-refractivity contribution is 0.528. The zero-order chi connectivity index (χ0) is 19.7. The number of fused-ring (bicyclic) bond motifs is 1. The lowest BCUT2D eigenvalue weighted by atomic mass is 10.0. The van der Waals surface area contributed by atoms with Crippen molar-refractivity contribution in [2.45, 2.75) is 109 Å². The molecule has 0 saturated carbocycles. The Morgan fingerprint density at radius 2 is 1.11 bits per heavy atom. The van der Waals surface area contributed by atoms with Crippen LogP contribution in [0.1, 0.15) is 108 Å². The highest BCUT2D eigenvalue weighted by molar-refractivity contribution is 5.77.